The van der Waals surface area contributed by atoms with Crippen molar-refractivity contribution in [2.45, 2.75) is 45.7 Å². The van der Waals surface area contributed by atoms with Gasteiger partial charge in [-0.3, -0.25) is 14.4 Å². The van der Waals surface area contributed by atoms with Crippen molar-refractivity contribution in [1.29, 1.82) is 0 Å². The third kappa shape index (κ3) is 3.56. The monoisotopic (exact) mass is 356 g/mol. The first-order valence-electron chi connectivity index (χ1n) is 9.66. The molecule has 0 spiro atoms. The lowest BCUT2D eigenvalue weighted by Crippen LogP contribution is -2.41. The first-order chi connectivity index (χ1) is 12.6. The number of furan rings is 1. The van der Waals surface area contributed by atoms with E-state index < -0.39 is 0 Å². The summed E-state index contributed by atoms with van der Waals surface area (Å²) in [6.07, 6.45) is 4.62. The molecular weight excluding hydrogens is 328 g/mol. The second-order valence-electron chi connectivity index (χ2n) is 7.73. The third-order valence-electron chi connectivity index (χ3n) is 5.76. The van der Waals surface area contributed by atoms with Crippen LogP contribution in [0.15, 0.2) is 28.9 Å². The molecule has 2 aromatic rings. The zero-order valence-corrected chi connectivity index (χ0v) is 15.7. The van der Waals surface area contributed by atoms with Gasteiger partial charge < -0.3 is 9.32 Å². The summed E-state index contributed by atoms with van der Waals surface area (Å²) >= 11 is 0. The van der Waals surface area contributed by atoms with Gasteiger partial charge in [-0.1, -0.05) is 0 Å². The fraction of sp³-hybridized carbons (Fsp3) is 0.600. The number of aryl methyl sites for hydroxylation is 2. The fourth-order valence-electron chi connectivity index (χ4n) is 4.38. The van der Waals surface area contributed by atoms with Crippen molar-refractivity contribution in [1.82, 2.24) is 19.6 Å². The molecule has 0 unspecified atom stereocenters. The molecule has 0 aliphatic carbocycles. The highest BCUT2D eigenvalue weighted by molar-refractivity contribution is 5.79. The zero-order chi connectivity index (χ0) is 18.1. The maximum Gasteiger partial charge on any atom is 0.225 e. The number of hydrogen-bond acceptors (Lipinski definition) is 4. The molecule has 4 heterocycles. The lowest BCUT2D eigenvalue weighted by atomic mass is 9.95. The summed E-state index contributed by atoms with van der Waals surface area (Å²) in [7, 11) is 0. The third-order valence-corrected chi connectivity index (χ3v) is 5.76. The van der Waals surface area contributed by atoms with Crippen molar-refractivity contribution in [3.05, 3.63) is 41.6 Å². The highest BCUT2D eigenvalue weighted by Gasteiger charge is 2.34. The highest BCUT2D eigenvalue weighted by atomic mass is 16.3. The molecule has 0 N–H and O–H groups in total. The molecular formula is C20H28N4O2. The van der Waals surface area contributed by atoms with E-state index in [2.05, 4.69) is 32.6 Å². The number of aromatic nitrogens is 2. The first kappa shape index (κ1) is 17.3. The molecule has 2 fully saturated rings. The number of hydrogen-bond donors (Lipinski definition) is 0. The van der Waals surface area contributed by atoms with Crippen molar-refractivity contribution >= 4 is 5.91 Å². The molecule has 2 aliphatic rings. The second-order valence-corrected chi connectivity index (χ2v) is 7.73. The number of nitrogens with zero attached hydrogens (tertiary/aromatic N) is 4. The van der Waals surface area contributed by atoms with Crippen LogP contribution >= 0.6 is 0 Å². The summed E-state index contributed by atoms with van der Waals surface area (Å²) in [4.78, 5) is 17.4. The van der Waals surface area contributed by atoms with Crippen LogP contribution in [-0.4, -0.2) is 51.7 Å². The van der Waals surface area contributed by atoms with Gasteiger partial charge in [-0.25, -0.2) is 0 Å². The summed E-state index contributed by atoms with van der Waals surface area (Å²) in [5, 5.41) is 4.61. The van der Waals surface area contributed by atoms with E-state index in [1.807, 2.05) is 19.1 Å². The zero-order valence-electron chi connectivity index (χ0n) is 15.7. The number of rotatable bonds is 4. The second kappa shape index (κ2) is 7.27. The average molecular weight is 356 g/mol. The molecule has 2 aromatic heterocycles. The molecule has 0 aromatic carbocycles. The van der Waals surface area contributed by atoms with E-state index in [1.54, 1.807) is 6.26 Å². The molecule has 6 nitrogen and oxygen atoms in total. The Hall–Kier alpha value is -2.08. The minimum atomic E-state index is 0.169. The van der Waals surface area contributed by atoms with Crippen molar-refractivity contribution in [3.8, 4) is 0 Å². The molecule has 0 bridgehead atoms. The van der Waals surface area contributed by atoms with Crippen LogP contribution in [0.5, 0.6) is 0 Å². The average Bonchev–Trinajstić information content (AvgIpc) is 3.36. The molecule has 2 aliphatic heterocycles. The van der Waals surface area contributed by atoms with Crippen LogP contribution in [0, 0.1) is 19.8 Å². The van der Waals surface area contributed by atoms with Crippen molar-refractivity contribution in [3.63, 3.8) is 0 Å². The smallest absolute Gasteiger partial charge is 0.225 e. The van der Waals surface area contributed by atoms with Crippen LogP contribution < -0.4 is 0 Å². The molecule has 26 heavy (non-hydrogen) atoms. The van der Waals surface area contributed by atoms with E-state index >= 15 is 0 Å². The summed E-state index contributed by atoms with van der Waals surface area (Å²) < 4.78 is 7.54. The molecule has 1 atom stereocenters. The van der Waals surface area contributed by atoms with E-state index in [4.69, 9.17) is 4.42 Å². The number of piperidine rings is 1. The number of amides is 1. The van der Waals surface area contributed by atoms with Crippen LogP contribution in [0.25, 0.3) is 0 Å². The summed E-state index contributed by atoms with van der Waals surface area (Å²) in [5.41, 5.74) is 2.24. The van der Waals surface area contributed by atoms with Gasteiger partial charge in [0, 0.05) is 24.7 Å². The van der Waals surface area contributed by atoms with E-state index in [9.17, 15) is 4.79 Å². The molecule has 140 valence electrons. The highest BCUT2D eigenvalue weighted by Crippen LogP contribution is 2.27. The van der Waals surface area contributed by atoms with Crippen molar-refractivity contribution < 1.29 is 9.21 Å². The molecule has 2 saturated heterocycles. The van der Waals surface area contributed by atoms with Crippen LogP contribution in [0.2, 0.25) is 0 Å². The molecule has 1 amide bonds. The molecule has 6 heteroatoms. The van der Waals surface area contributed by atoms with Gasteiger partial charge in [0.05, 0.1) is 24.5 Å². The number of carbonyl (C=O) groups excluding carboxylic acids is 1. The summed E-state index contributed by atoms with van der Waals surface area (Å²) in [6, 6.07) is 6.38. The molecule has 0 radical (unpaired) electrons. The number of likely N-dealkylation sites (tertiary alicyclic amines) is 2. The van der Waals surface area contributed by atoms with Gasteiger partial charge >= 0.3 is 0 Å². The van der Waals surface area contributed by atoms with Crippen molar-refractivity contribution in [2.75, 3.05) is 26.2 Å². The quantitative estimate of drug-likeness (QED) is 0.845. The largest absolute Gasteiger partial charge is 0.468 e. The SMILES string of the molecule is Cc1cc(C)n([C@H]2CCN(C(=O)C3CCN(Cc4ccco4)CC3)C2)n1. The van der Waals surface area contributed by atoms with Crippen LogP contribution in [-0.2, 0) is 11.3 Å². The van der Waals surface area contributed by atoms with E-state index in [0.717, 1.165) is 63.4 Å². The topological polar surface area (TPSA) is 54.5 Å². The van der Waals surface area contributed by atoms with Gasteiger partial charge in [0.1, 0.15) is 5.76 Å². The van der Waals surface area contributed by atoms with E-state index in [1.165, 1.54) is 5.69 Å². The van der Waals surface area contributed by atoms with Gasteiger partial charge in [-0.05, 0) is 64.4 Å². The van der Waals surface area contributed by atoms with Crippen LogP contribution in [0.1, 0.15) is 42.5 Å². The maximum atomic E-state index is 13.0. The minimum Gasteiger partial charge on any atom is -0.468 e. The lowest BCUT2D eigenvalue weighted by molar-refractivity contribution is -0.136. The molecule has 0 saturated carbocycles. The maximum absolute atomic E-state index is 13.0. The number of carbonyl (C=O) groups is 1. The van der Waals surface area contributed by atoms with E-state index in [0.29, 0.717) is 11.9 Å². The Morgan fingerprint density at radius 3 is 2.69 bits per heavy atom. The van der Waals surface area contributed by atoms with Gasteiger partial charge in [-0.15, -0.1) is 0 Å². The van der Waals surface area contributed by atoms with E-state index in [-0.39, 0.29) is 5.92 Å². The summed E-state index contributed by atoms with van der Waals surface area (Å²) in [5.74, 6) is 1.51. The normalized spacial score (nSPS) is 22.2. The lowest BCUT2D eigenvalue weighted by Gasteiger charge is -2.32. The van der Waals surface area contributed by atoms with Crippen LogP contribution in [0.4, 0.5) is 0 Å². The summed E-state index contributed by atoms with van der Waals surface area (Å²) in [6.45, 7) is 8.55. The standard InChI is InChI=1S/C20H28N4O2/c1-15-12-16(2)24(21-15)18-7-10-23(13-18)20(25)17-5-8-22(9-6-17)14-19-4-3-11-26-19/h3-4,11-12,17-18H,5-10,13-14H2,1-2H3/t18-/m0/s1. The predicted octanol–water partition coefficient (Wildman–Crippen LogP) is 2.78. The Morgan fingerprint density at radius 1 is 1.23 bits per heavy atom. The van der Waals surface area contributed by atoms with Gasteiger partial charge in [0.25, 0.3) is 0 Å². The fourth-order valence-corrected chi connectivity index (χ4v) is 4.38. The Balaban J connectivity index is 1.29. The Labute approximate surface area is 154 Å². The van der Waals surface area contributed by atoms with Gasteiger partial charge in [-0.2, -0.15) is 5.10 Å². The predicted molar refractivity (Wildman–Crippen MR) is 98.6 cm³/mol. The Bertz CT molecular complexity index is 744. The minimum absolute atomic E-state index is 0.169. The Kier molecular flexibility index (Phi) is 4.85. The Morgan fingerprint density at radius 2 is 2.04 bits per heavy atom. The molecule has 4 rings (SSSR count). The first-order valence-corrected chi connectivity index (χ1v) is 9.66. The van der Waals surface area contributed by atoms with Gasteiger partial charge in [0.15, 0.2) is 0 Å². The van der Waals surface area contributed by atoms with Gasteiger partial charge in [0.2, 0.25) is 5.91 Å². The van der Waals surface area contributed by atoms with Crippen molar-refractivity contribution in [2.24, 2.45) is 5.92 Å². The van der Waals surface area contributed by atoms with Crippen LogP contribution in [0.3, 0.4) is 0 Å².